The highest BCUT2D eigenvalue weighted by Gasteiger charge is 2.03. The summed E-state index contributed by atoms with van der Waals surface area (Å²) in [7, 11) is 0. The topological polar surface area (TPSA) is 77.8 Å². The summed E-state index contributed by atoms with van der Waals surface area (Å²) in [5, 5.41) is 28.1. The first-order valence-corrected chi connectivity index (χ1v) is 8.80. The first-order chi connectivity index (χ1) is 10.6. The monoisotopic (exact) mass is 314 g/mol. The Balaban J connectivity index is 3.46. The Bertz CT molecular complexity index is 289. The summed E-state index contributed by atoms with van der Waals surface area (Å²) in [4.78, 5) is 10.3. The number of aliphatic carboxylic acids is 1. The van der Waals surface area contributed by atoms with E-state index in [0.717, 1.165) is 64.2 Å². The van der Waals surface area contributed by atoms with E-state index in [9.17, 15) is 15.0 Å². The fourth-order valence-corrected chi connectivity index (χ4v) is 2.40. The van der Waals surface area contributed by atoms with Crippen LogP contribution >= 0.6 is 0 Å². The zero-order chi connectivity index (χ0) is 16.6. The molecule has 0 aliphatic rings. The molecule has 0 fully saturated rings. The third-order valence-electron chi connectivity index (χ3n) is 3.80. The van der Waals surface area contributed by atoms with Crippen molar-refractivity contribution >= 4 is 5.97 Å². The summed E-state index contributed by atoms with van der Waals surface area (Å²) in [5.41, 5.74) is 0. The van der Waals surface area contributed by atoms with E-state index in [1.807, 2.05) is 6.08 Å². The number of hydrogen-bond acceptors (Lipinski definition) is 3. The van der Waals surface area contributed by atoms with Gasteiger partial charge in [0.1, 0.15) is 0 Å². The number of unbranched alkanes of at least 4 members (excludes halogenated alkanes) is 6. The minimum atomic E-state index is -0.725. The SMILES string of the molecule is CCCCCC(O)CC=CC(O)CCCCCCCC(=O)O. The van der Waals surface area contributed by atoms with Gasteiger partial charge in [-0.15, -0.1) is 0 Å². The molecular formula is C18H34O4. The maximum Gasteiger partial charge on any atom is 0.303 e. The van der Waals surface area contributed by atoms with Crippen LogP contribution in [0.5, 0.6) is 0 Å². The van der Waals surface area contributed by atoms with Crippen LogP contribution in [-0.2, 0) is 4.79 Å². The largest absolute Gasteiger partial charge is 0.481 e. The van der Waals surface area contributed by atoms with Crippen LogP contribution in [0.15, 0.2) is 12.2 Å². The summed E-state index contributed by atoms with van der Waals surface area (Å²) >= 11 is 0. The van der Waals surface area contributed by atoms with Crippen LogP contribution in [-0.4, -0.2) is 33.5 Å². The molecule has 0 saturated heterocycles. The molecule has 0 spiro atoms. The molecule has 0 aromatic rings. The van der Waals surface area contributed by atoms with Crippen LogP contribution in [0.1, 0.15) is 84.0 Å². The molecule has 130 valence electrons. The van der Waals surface area contributed by atoms with Gasteiger partial charge in [0.15, 0.2) is 0 Å². The minimum Gasteiger partial charge on any atom is -0.481 e. The minimum absolute atomic E-state index is 0.256. The van der Waals surface area contributed by atoms with Crippen molar-refractivity contribution in [1.29, 1.82) is 0 Å². The third-order valence-corrected chi connectivity index (χ3v) is 3.80. The first-order valence-electron chi connectivity index (χ1n) is 8.80. The van der Waals surface area contributed by atoms with Crippen LogP contribution < -0.4 is 0 Å². The van der Waals surface area contributed by atoms with Gasteiger partial charge >= 0.3 is 5.97 Å². The zero-order valence-electron chi connectivity index (χ0n) is 14.0. The Morgan fingerprint density at radius 3 is 2.27 bits per heavy atom. The van der Waals surface area contributed by atoms with Crippen LogP contribution in [0, 0.1) is 0 Å². The third kappa shape index (κ3) is 15.5. The van der Waals surface area contributed by atoms with Crippen LogP contribution in [0.2, 0.25) is 0 Å². The summed E-state index contributed by atoms with van der Waals surface area (Å²) < 4.78 is 0. The fraction of sp³-hybridized carbons (Fsp3) is 0.833. The van der Waals surface area contributed by atoms with Gasteiger partial charge in [-0.25, -0.2) is 0 Å². The summed E-state index contributed by atoms with van der Waals surface area (Å²) in [6.07, 6.45) is 13.5. The molecule has 22 heavy (non-hydrogen) atoms. The van der Waals surface area contributed by atoms with Crippen LogP contribution in [0.25, 0.3) is 0 Å². The summed E-state index contributed by atoms with van der Waals surface area (Å²) in [5.74, 6) is -0.725. The van der Waals surface area contributed by atoms with Gasteiger partial charge in [-0.1, -0.05) is 64.0 Å². The van der Waals surface area contributed by atoms with Crippen molar-refractivity contribution in [3.05, 3.63) is 12.2 Å². The van der Waals surface area contributed by atoms with Crippen LogP contribution in [0.3, 0.4) is 0 Å². The molecular weight excluding hydrogens is 280 g/mol. The van der Waals surface area contributed by atoms with Crippen molar-refractivity contribution in [3.8, 4) is 0 Å². The van der Waals surface area contributed by atoms with Crippen molar-refractivity contribution in [3.63, 3.8) is 0 Å². The molecule has 4 nitrogen and oxygen atoms in total. The van der Waals surface area contributed by atoms with Gasteiger partial charge in [0.25, 0.3) is 0 Å². The molecule has 0 bridgehead atoms. The Morgan fingerprint density at radius 1 is 0.955 bits per heavy atom. The fourth-order valence-electron chi connectivity index (χ4n) is 2.40. The summed E-state index contributed by atoms with van der Waals surface area (Å²) in [6.45, 7) is 2.15. The quantitative estimate of drug-likeness (QED) is 0.315. The van der Waals surface area contributed by atoms with Crippen molar-refractivity contribution in [1.82, 2.24) is 0 Å². The lowest BCUT2D eigenvalue weighted by Gasteiger charge is -2.08. The number of carboxylic acids is 1. The smallest absolute Gasteiger partial charge is 0.303 e. The highest BCUT2D eigenvalue weighted by Crippen LogP contribution is 2.11. The number of carbonyl (C=O) groups is 1. The predicted molar refractivity (Wildman–Crippen MR) is 89.9 cm³/mol. The first kappa shape index (κ1) is 21.1. The number of rotatable bonds is 15. The van der Waals surface area contributed by atoms with E-state index < -0.39 is 12.1 Å². The highest BCUT2D eigenvalue weighted by atomic mass is 16.4. The number of hydrogen-bond donors (Lipinski definition) is 3. The zero-order valence-corrected chi connectivity index (χ0v) is 14.0. The Kier molecular flexibility index (Phi) is 14.4. The number of carboxylic acid groups (broad SMARTS) is 1. The second-order valence-corrected chi connectivity index (χ2v) is 6.08. The second kappa shape index (κ2) is 15.0. The lowest BCUT2D eigenvalue weighted by Crippen LogP contribution is -2.06. The van der Waals surface area contributed by atoms with E-state index >= 15 is 0 Å². The van der Waals surface area contributed by atoms with Crippen molar-refractivity contribution in [2.24, 2.45) is 0 Å². The molecule has 2 atom stereocenters. The van der Waals surface area contributed by atoms with Gasteiger partial charge in [0, 0.05) is 6.42 Å². The lowest BCUT2D eigenvalue weighted by atomic mass is 10.1. The van der Waals surface area contributed by atoms with Gasteiger partial charge in [0.05, 0.1) is 12.2 Å². The van der Waals surface area contributed by atoms with E-state index in [4.69, 9.17) is 5.11 Å². The Labute approximate surface area is 135 Å². The molecule has 0 aliphatic heterocycles. The maximum absolute atomic E-state index is 10.3. The van der Waals surface area contributed by atoms with Gasteiger partial charge < -0.3 is 15.3 Å². The maximum atomic E-state index is 10.3. The van der Waals surface area contributed by atoms with Gasteiger partial charge in [-0.2, -0.15) is 0 Å². The number of aliphatic hydroxyl groups is 2. The predicted octanol–water partition coefficient (Wildman–Crippen LogP) is 4.05. The molecule has 3 N–H and O–H groups in total. The summed E-state index contributed by atoms with van der Waals surface area (Å²) in [6, 6.07) is 0. The molecule has 0 heterocycles. The van der Waals surface area contributed by atoms with E-state index in [1.54, 1.807) is 6.08 Å². The number of aliphatic hydroxyl groups excluding tert-OH is 2. The Hall–Kier alpha value is -0.870. The average molecular weight is 314 g/mol. The molecule has 2 unspecified atom stereocenters. The molecule has 0 aliphatic carbocycles. The Morgan fingerprint density at radius 2 is 1.59 bits per heavy atom. The molecule has 0 aromatic carbocycles. The molecule has 4 heteroatoms. The lowest BCUT2D eigenvalue weighted by molar-refractivity contribution is -0.137. The normalized spacial score (nSPS) is 14.3. The van der Waals surface area contributed by atoms with E-state index in [-0.39, 0.29) is 12.5 Å². The van der Waals surface area contributed by atoms with Gasteiger partial charge in [-0.05, 0) is 25.7 Å². The molecule has 0 radical (unpaired) electrons. The van der Waals surface area contributed by atoms with Crippen LogP contribution in [0.4, 0.5) is 0 Å². The second-order valence-electron chi connectivity index (χ2n) is 6.08. The molecule has 0 amide bonds. The van der Waals surface area contributed by atoms with E-state index in [1.165, 1.54) is 0 Å². The standard InChI is InChI=1S/C18H34O4/c1-2-3-7-11-16(19)13-10-14-17(20)12-8-5-4-6-9-15-18(21)22/h10,14,16-17,19-20H,2-9,11-13,15H2,1H3,(H,21,22). The average Bonchev–Trinajstić information content (AvgIpc) is 2.46. The van der Waals surface area contributed by atoms with Crippen molar-refractivity contribution in [2.75, 3.05) is 0 Å². The molecule has 0 rings (SSSR count). The molecule has 0 saturated carbocycles. The van der Waals surface area contributed by atoms with E-state index in [2.05, 4.69) is 6.92 Å². The highest BCUT2D eigenvalue weighted by molar-refractivity contribution is 5.66. The van der Waals surface area contributed by atoms with Gasteiger partial charge in [-0.3, -0.25) is 4.79 Å². The van der Waals surface area contributed by atoms with Crippen molar-refractivity contribution in [2.45, 2.75) is 96.2 Å². The molecule has 0 aromatic heterocycles. The van der Waals surface area contributed by atoms with E-state index in [0.29, 0.717) is 6.42 Å². The van der Waals surface area contributed by atoms with Crippen molar-refractivity contribution < 1.29 is 20.1 Å². The van der Waals surface area contributed by atoms with Gasteiger partial charge in [0.2, 0.25) is 0 Å².